The van der Waals surface area contributed by atoms with Gasteiger partial charge in [0.2, 0.25) is 10.0 Å². The van der Waals surface area contributed by atoms with Crippen molar-refractivity contribution < 1.29 is 13.2 Å². The van der Waals surface area contributed by atoms with E-state index in [4.69, 9.17) is 4.74 Å². The van der Waals surface area contributed by atoms with Gasteiger partial charge in [0, 0.05) is 39.3 Å². The van der Waals surface area contributed by atoms with Crippen LogP contribution >= 0.6 is 0 Å². The second-order valence-electron chi connectivity index (χ2n) is 5.43. The molecule has 1 unspecified atom stereocenters. The lowest BCUT2D eigenvalue weighted by Crippen LogP contribution is -2.51. The number of rotatable bonds is 4. The number of nitrogens with zero attached hydrogens (tertiary/aromatic N) is 2. The lowest BCUT2D eigenvalue weighted by atomic mass is 10.2. The van der Waals surface area contributed by atoms with E-state index in [1.165, 1.54) is 0 Å². The standard InChI is InChI=1S/C12H24N2O3S/c1-11(2)18(15,16)14-7-5-13(6-8-14)10-12-4-3-9-17-12/h11-12H,3-10H2,1-2H3. The summed E-state index contributed by atoms with van der Waals surface area (Å²) in [5.41, 5.74) is 0. The van der Waals surface area contributed by atoms with E-state index in [1.807, 2.05) is 0 Å². The van der Waals surface area contributed by atoms with Crippen LogP contribution in [-0.4, -0.2) is 68.3 Å². The molecule has 2 saturated heterocycles. The van der Waals surface area contributed by atoms with Crippen LogP contribution in [0, 0.1) is 0 Å². The largest absolute Gasteiger partial charge is 0.377 e. The molecule has 2 aliphatic rings. The Hall–Kier alpha value is -0.170. The summed E-state index contributed by atoms with van der Waals surface area (Å²) in [7, 11) is -3.08. The molecular weight excluding hydrogens is 252 g/mol. The van der Waals surface area contributed by atoms with Gasteiger partial charge in [0.05, 0.1) is 11.4 Å². The Bertz CT molecular complexity index is 356. The summed E-state index contributed by atoms with van der Waals surface area (Å²) in [6.07, 6.45) is 2.66. The second kappa shape index (κ2) is 5.86. The molecule has 0 aromatic rings. The van der Waals surface area contributed by atoms with Crippen molar-refractivity contribution in [2.75, 3.05) is 39.3 Å². The predicted molar refractivity (Wildman–Crippen MR) is 71.0 cm³/mol. The molecule has 18 heavy (non-hydrogen) atoms. The Labute approximate surface area is 110 Å². The van der Waals surface area contributed by atoms with Crippen LogP contribution in [0.2, 0.25) is 0 Å². The highest BCUT2D eigenvalue weighted by molar-refractivity contribution is 7.89. The Morgan fingerprint density at radius 1 is 1.22 bits per heavy atom. The van der Waals surface area contributed by atoms with Gasteiger partial charge in [-0.3, -0.25) is 4.90 Å². The molecule has 0 amide bonds. The molecule has 2 fully saturated rings. The zero-order valence-electron chi connectivity index (χ0n) is 11.3. The maximum Gasteiger partial charge on any atom is 0.216 e. The molecular formula is C12H24N2O3S. The van der Waals surface area contributed by atoms with Gasteiger partial charge in [-0.2, -0.15) is 4.31 Å². The second-order valence-corrected chi connectivity index (χ2v) is 7.92. The summed E-state index contributed by atoms with van der Waals surface area (Å²) in [5, 5.41) is -0.317. The Morgan fingerprint density at radius 3 is 2.39 bits per heavy atom. The van der Waals surface area contributed by atoms with Crippen LogP contribution in [0.25, 0.3) is 0 Å². The quantitative estimate of drug-likeness (QED) is 0.751. The van der Waals surface area contributed by atoms with E-state index in [0.29, 0.717) is 19.2 Å². The smallest absolute Gasteiger partial charge is 0.216 e. The third-order valence-electron chi connectivity index (χ3n) is 3.77. The Balaban J connectivity index is 1.80. The first-order chi connectivity index (χ1) is 8.50. The van der Waals surface area contributed by atoms with Gasteiger partial charge in [-0.25, -0.2) is 8.42 Å². The molecule has 0 saturated carbocycles. The molecule has 1 atom stereocenters. The van der Waals surface area contributed by atoms with Gasteiger partial charge in [-0.15, -0.1) is 0 Å². The van der Waals surface area contributed by atoms with Crippen molar-refractivity contribution in [2.24, 2.45) is 0 Å². The minimum atomic E-state index is -3.08. The third-order valence-corrected chi connectivity index (χ3v) is 6.05. The van der Waals surface area contributed by atoms with Crippen LogP contribution < -0.4 is 0 Å². The molecule has 106 valence electrons. The molecule has 0 aromatic carbocycles. The van der Waals surface area contributed by atoms with Crippen molar-refractivity contribution in [2.45, 2.75) is 38.0 Å². The van der Waals surface area contributed by atoms with E-state index in [9.17, 15) is 8.42 Å². The summed E-state index contributed by atoms with van der Waals surface area (Å²) >= 11 is 0. The van der Waals surface area contributed by atoms with Gasteiger partial charge >= 0.3 is 0 Å². The van der Waals surface area contributed by atoms with Gasteiger partial charge in [0.25, 0.3) is 0 Å². The highest BCUT2D eigenvalue weighted by atomic mass is 32.2. The first kappa shape index (κ1) is 14.2. The highest BCUT2D eigenvalue weighted by Gasteiger charge is 2.30. The minimum absolute atomic E-state index is 0.317. The summed E-state index contributed by atoms with van der Waals surface area (Å²) in [4.78, 5) is 2.32. The zero-order chi connectivity index (χ0) is 13.2. The average Bonchev–Trinajstić information content (AvgIpc) is 2.82. The summed E-state index contributed by atoms with van der Waals surface area (Å²) in [5.74, 6) is 0. The van der Waals surface area contributed by atoms with E-state index in [0.717, 1.165) is 39.1 Å². The van der Waals surface area contributed by atoms with Crippen LogP contribution in [0.5, 0.6) is 0 Å². The first-order valence-corrected chi connectivity index (χ1v) is 8.33. The highest BCUT2D eigenvalue weighted by Crippen LogP contribution is 2.16. The van der Waals surface area contributed by atoms with Crippen molar-refractivity contribution in [3.8, 4) is 0 Å². The molecule has 5 nitrogen and oxygen atoms in total. The number of sulfonamides is 1. The summed E-state index contributed by atoms with van der Waals surface area (Å²) in [6, 6.07) is 0. The average molecular weight is 276 g/mol. The van der Waals surface area contributed by atoms with E-state index in [-0.39, 0.29) is 5.25 Å². The topological polar surface area (TPSA) is 49.9 Å². The molecule has 2 aliphatic heterocycles. The zero-order valence-corrected chi connectivity index (χ0v) is 12.2. The molecule has 0 bridgehead atoms. The van der Waals surface area contributed by atoms with E-state index < -0.39 is 10.0 Å². The fraction of sp³-hybridized carbons (Fsp3) is 1.00. The van der Waals surface area contributed by atoms with Gasteiger partial charge in [0.15, 0.2) is 0 Å². The fourth-order valence-corrected chi connectivity index (χ4v) is 3.81. The summed E-state index contributed by atoms with van der Waals surface area (Å²) < 4.78 is 31.3. The lowest BCUT2D eigenvalue weighted by molar-refractivity contribution is 0.0616. The van der Waals surface area contributed by atoms with Gasteiger partial charge in [-0.05, 0) is 26.7 Å². The van der Waals surface area contributed by atoms with E-state index >= 15 is 0 Å². The van der Waals surface area contributed by atoms with Crippen molar-refractivity contribution in [1.29, 1.82) is 0 Å². The van der Waals surface area contributed by atoms with Crippen molar-refractivity contribution >= 4 is 10.0 Å². The predicted octanol–water partition coefficient (Wildman–Crippen LogP) is 0.521. The monoisotopic (exact) mass is 276 g/mol. The molecule has 0 aliphatic carbocycles. The Kier molecular flexibility index (Phi) is 4.64. The van der Waals surface area contributed by atoms with Crippen LogP contribution in [0.3, 0.4) is 0 Å². The number of piperazine rings is 1. The normalized spacial score (nSPS) is 28.1. The molecule has 0 N–H and O–H groups in total. The van der Waals surface area contributed by atoms with Crippen LogP contribution in [0.15, 0.2) is 0 Å². The number of ether oxygens (including phenoxy) is 1. The molecule has 0 spiro atoms. The molecule has 2 rings (SSSR count). The summed E-state index contributed by atoms with van der Waals surface area (Å²) in [6.45, 7) is 8.21. The van der Waals surface area contributed by atoms with Gasteiger partial charge in [-0.1, -0.05) is 0 Å². The van der Waals surface area contributed by atoms with E-state index in [2.05, 4.69) is 4.90 Å². The Morgan fingerprint density at radius 2 is 1.89 bits per heavy atom. The van der Waals surface area contributed by atoms with Crippen molar-refractivity contribution in [3.05, 3.63) is 0 Å². The fourth-order valence-electron chi connectivity index (χ4n) is 2.54. The lowest BCUT2D eigenvalue weighted by Gasteiger charge is -2.35. The maximum absolute atomic E-state index is 12.0. The molecule has 0 radical (unpaired) electrons. The van der Waals surface area contributed by atoms with Gasteiger partial charge in [0.1, 0.15) is 0 Å². The van der Waals surface area contributed by atoms with Crippen molar-refractivity contribution in [3.63, 3.8) is 0 Å². The van der Waals surface area contributed by atoms with Crippen LogP contribution in [-0.2, 0) is 14.8 Å². The third kappa shape index (κ3) is 3.23. The first-order valence-electron chi connectivity index (χ1n) is 6.83. The minimum Gasteiger partial charge on any atom is -0.377 e. The SMILES string of the molecule is CC(C)S(=O)(=O)N1CCN(CC2CCCO2)CC1. The van der Waals surface area contributed by atoms with Crippen molar-refractivity contribution in [1.82, 2.24) is 9.21 Å². The number of hydrogen-bond donors (Lipinski definition) is 0. The van der Waals surface area contributed by atoms with Crippen LogP contribution in [0.4, 0.5) is 0 Å². The van der Waals surface area contributed by atoms with E-state index in [1.54, 1.807) is 18.2 Å². The molecule has 2 heterocycles. The van der Waals surface area contributed by atoms with Crippen LogP contribution in [0.1, 0.15) is 26.7 Å². The maximum atomic E-state index is 12.0. The number of hydrogen-bond acceptors (Lipinski definition) is 4. The molecule has 0 aromatic heterocycles. The molecule has 6 heteroatoms. The van der Waals surface area contributed by atoms with Gasteiger partial charge < -0.3 is 4.74 Å².